The van der Waals surface area contributed by atoms with Crippen molar-refractivity contribution in [2.45, 2.75) is 45.3 Å². The molecule has 4 rings (SSSR count). The van der Waals surface area contributed by atoms with Crippen LogP contribution in [0.3, 0.4) is 0 Å². The van der Waals surface area contributed by atoms with Crippen molar-refractivity contribution >= 4 is 23.4 Å². The lowest BCUT2D eigenvalue weighted by atomic mass is 9.99. The second kappa shape index (κ2) is 7.63. The van der Waals surface area contributed by atoms with Crippen LogP contribution in [0.15, 0.2) is 42.6 Å². The highest BCUT2D eigenvalue weighted by molar-refractivity contribution is 6.31. The molecule has 1 fully saturated rings. The fourth-order valence-electron chi connectivity index (χ4n) is 3.99. The molecule has 28 heavy (non-hydrogen) atoms. The summed E-state index contributed by atoms with van der Waals surface area (Å²) in [7, 11) is 0. The summed E-state index contributed by atoms with van der Waals surface area (Å²) in [6, 6.07) is 11.5. The fraction of sp³-hybridized carbons (Fsp3) is 0.455. The lowest BCUT2D eigenvalue weighted by Gasteiger charge is -2.39. The highest BCUT2D eigenvalue weighted by Gasteiger charge is 2.38. The number of rotatable bonds is 5. The predicted molar refractivity (Wildman–Crippen MR) is 109 cm³/mol. The number of hydrogen-bond acceptors (Lipinski definition) is 2. The Morgan fingerprint density at radius 2 is 1.89 bits per heavy atom. The largest absolute Gasteiger partial charge is 0.348 e. The molecule has 1 aromatic carbocycles. The van der Waals surface area contributed by atoms with E-state index in [2.05, 4.69) is 4.57 Å². The number of carbonyl (C=O) groups excluding carboxylic acids is 2. The predicted octanol–water partition coefficient (Wildman–Crippen LogP) is 3.72. The molecule has 6 heteroatoms. The number of benzene rings is 1. The van der Waals surface area contributed by atoms with Crippen LogP contribution in [-0.2, 0) is 16.1 Å². The molecule has 1 saturated carbocycles. The third kappa shape index (κ3) is 3.55. The molecule has 5 nitrogen and oxygen atoms in total. The minimum atomic E-state index is -0.241. The van der Waals surface area contributed by atoms with Crippen LogP contribution in [0.5, 0.6) is 0 Å². The van der Waals surface area contributed by atoms with E-state index in [9.17, 15) is 9.59 Å². The van der Waals surface area contributed by atoms with Gasteiger partial charge in [0.05, 0.1) is 6.04 Å². The summed E-state index contributed by atoms with van der Waals surface area (Å²) in [6.07, 6.45) is 3.92. The van der Waals surface area contributed by atoms with E-state index in [4.69, 9.17) is 11.6 Å². The molecule has 0 unspecified atom stereocenters. The number of carbonyl (C=O) groups is 2. The zero-order valence-corrected chi connectivity index (χ0v) is 17.1. The normalized spacial score (nSPS) is 18.9. The van der Waals surface area contributed by atoms with Crippen LogP contribution >= 0.6 is 11.6 Å². The summed E-state index contributed by atoms with van der Waals surface area (Å²) in [4.78, 5) is 29.6. The smallest absolute Gasteiger partial charge is 0.243 e. The molecule has 1 aliphatic heterocycles. The molecule has 1 aliphatic carbocycles. The molecule has 0 spiro atoms. The van der Waals surface area contributed by atoms with Gasteiger partial charge in [0, 0.05) is 42.0 Å². The molecular weight excluding hydrogens is 374 g/mol. The Labute approximate surface area is 170 Å². The van der Waals surface area contributed by atoms with Gasteiger partial charge in [0.25, 0.3) is 0 Å². The average Bonchev–Trinajstić information content (AvgIpc) is 3.42. The molecule has 2 aliphatic rings. The zero-order chi connectivity index (χ0) is 19.8. The van der Waals surface area contributed by atoms with Gasteiger partial charge in [-0.2, -0.15) is 0 Å². The van der Waals surface area contributed by atoms with E-state index < -0.39 is 0 Å². The molecule has 1 atom stereocenters. The Morgan fingerprint density at radius 3 is 2.57 bits per heavy atom. The fourth-order valence-corrected chi connectivity index (χ4v) is 4.23. The zero-order valence-electron chi connectivity index (χ0n) is 16.3. The van der Waals surface area contributed by atoms with Crippen LogP contribution in [0.2, 0.25) is 5.02 Å². The van der Waals surface area contributed by atoms with E-state index in [-0.39, 0.29) is 36.4 Å². The third-order valence-corrected chi connectivity index (χ3v) is 6.04. The number of amides is 2. The topological polar surface area (TPSA) is 45.6 Å². The van der Waals surface area contributed by atoms with Gasteiger partial charge in [-0.3, -0.25) is 9.59 Å². The van der Waals surface area contributed by atoms with Crippen LogP contribution in [-0.4, -0.2) is 45.3 Å². The molecule has 0 radical (unpaired) electrons. The molecule has 1 aromatic heterocycles. The molecule has 0 saturated heterocycles. The summed E-state index contributed by atoms with van der Waals surface area (Å²) in [5, 5.41) is 0.648. The van der Waals surface area contributed by atoms with E-state index in [1.807, 2.05) is 61.3 Å². The molecule has 2 heterocycles. The quantitative estimate of drug-likeness (QED) is 0.769. The van der Waals surface area contributed by atoms with Gasteiger partial charge >= 0.3 is 0 Å². The Morgan fingerprint density at radius 1 is 1.14 bits per heavy atom. The summed E-state index contributed by atoms with van der Waals surface area (Å²) >= 11 is 6.51. The first-order chi connectivity index (χ1) is 13.5. The van der Waals surface area contributed by atoms with Crippen LogP contribution < -0.4 is 0 Å². The van der Waals surface area contributed by atoms with E-state index in [0.29, 0.717) is 11.6 Å². The van der Waals surface area contributed by atoms with Gasteiger partial charge in [-0.1, -0.05) is 29.8 Å². The first-order valence-corrected chi connectivity index (χ1v) is 10.3. The van der Waals surface area contributed by atoms with Crippen molar-refractivity contribution in [3.8, 4) is 0 Å². The maximum absolute atomic E-state index is 13.4. The number of halogens is 1. The number of hydrogen-bond donors (Lipinski definition) is 0. The van der Waals surface area contributed by atoms with Gasteiger partial charge < -0.3 is 14.4 Å². The van der Waals surface area contributed by atoms with E-state index >= 15 is 0 Å². The monoisotopic (exact) mass is 399 g/mol. The summed E-state index contributed by atoms with van der Waals surface area (Å²) in [6.45, 7) is 5.41. The van der Waals surface area contributed by atoms with Crippen molar-refractivity contribution in [1.82, 2.24) is 14.4 Å². The van der Waals surface area contributed by atoms with Crippen LogP contribution in [0.1, 0.15) is 44.0 Å². The number of fused-ring (bicyclic) bond motifs is 1. The Kier molecular flexibility index (Phi) is 5.19. The third-order valence-electron chi connectivity index (χ3n) is 5.70. The minimum absolute atomic E-state index is 0.00413. The molecule has 148 valence electrons. The number of nitrogens with zero attached hydrogens (tertiary/aromatic N) is 3. The van der Waals surface area contributed by atoms with Gasteiger partial charge in [-0.15, -0.1) is 0 Å². The second-order valence-electron chi connectivity index (χ2n) is 7.97. The maximum Gasteiger partial charge on any atom is 0.243 e. The molecule has 2 aromatic rings. The summed E-state index contributed by atoms with van der Waals surface area (Å²) in [5.41, 5.74) is 1.97. The van der Waals surface area contributed by atoms with Crippen molar-refractivity contribution in [2.24, 2.45) is 5.92 Å². The van der Waals surface area contributed by atoms with Crippen molar-refractivity contribution in [1.29, 1.82) is 0 Å². The molecule has 0 N–H and O–H groups in total. The summed E-state index contributed by atoms with van der Waals surface area (Å²) in [5.74, 6) is 0.186. The van der Waals surface area contributed by atoms with Crippen LogP contribution in [0.25, 0.3) is 0 Å². The molecule has 0 bridgehead atoms. The lowest BCUT2D eigenvalue weighted by Crippen LogP contribution is -2.50. The van der Waals surface area contributed by atoms with Gasteiger partial charge in [0.15, 0.2) is 0 Å². The van der Waals surface area contributed by atoms with Crippen molar-refractivity contribution in [3.05, 3.63) is 58.9 Å². The van der Waals surface area contributed by atoms with Crippen LogP contribution in [0.4, 0.5) is 0 Å². The highest BCUT2D eigenvalue weighted by atomic mass is 35.5. The van der Waals surface area contributed by atoms with Crippen LogP contribution in [0, 0.1) is 5.92 Å². The van der Waals surface area contributed by atoms with Crippen molar-refractivity contribution in [2.75, 3.05) is 13.1 Å². The Bertz CT molecular complexity index is 887. The van der Waals surface area contributed by atoms with Gasteiger partial charge in [0.1, 0.15) is 6.54 Å². The molecular formula is C22H26ClN3O2. The average molecular weight is 400 g/mol. The van der Waals surface area contributed by atoms with E-state index in [0.717, 1.165) is 30.6 Å². The van der Waals surface area contributed by atoms with E-state index in [1.54, 1.807) is 4.90 Å². The second-order valence-corrected chi connectivity index (χ2v) is 8.38. The summed E-state index contributed by atoms with van der Waals surface area (Å²) < 4.78 is 2.17. The number of aromatic nitrogens is 1. The van der Waals surface area contributed by atoms with Crippen molar-refractivity contribution in [3.63, 3.8) is 0 Å². The SMILES string of the molecule is CC(C)N(CC(=O)N1CCn2cccc2[C@@H]1c1ccccc1Cl)C(=O)C1CC1. The maximum atomic E-state index is 13.4. The van der Waals surface area contributed by atoms with E-state index in [1.165, 1.54) is 0 Å². The Balaban J connectivity index is 1.64. The van der Waals surface area contributed by atoms with Gasteiger partial charge in [0.2, 0.25) is 11.8 Å². The first-order valence-electron chi connectivity index (χ1n) is 9.96. The van der Waals surface area contributed by atoms with Gasteiger partial charge in [-0.05, 0) is 50.5 Å². The van der Waals surface area contributed by atoms with Gasteiger partial charge in [-0.25, -0.2) is 0 Å². The minimum Gasteiger partial charge on any atom is -0.348 e. The highest BCUT2D eigenvalue weighted by Crippen LogP contribution is 2.36. The first kappa shape index (κ1) is 19.1. The van der Waals surface area contributed by atoms with Crippen molar-refractivity contribution < 1.29 is 9.59 Å². The Hall–Kier alpha value is -2.27. The standard InChI is InChI=1S/C22H26ClN3O2/c1-15(2)26(22(28)16-9-10-16)14-20(27)25-13-12-24-11-5-8-19(24)21(25)17-6-3-4-7-18(17)23/h3-8,11,15-16,21H,9-10,12-14H2,1-2H3/t21-/m0/s1. The molecule has 2 amide bonds. The lowest BCUT2D eigenvalue weighted by molar-refractivity contribution is -0.144.